The first-order chi connectivity index (χ1) is 15.7. The van der Waals surface area contributed by atoms with Gasteiger partial charge < -0.3 is 5.32 Å². The van der Waals surface area contributed by atoms with Crippen LogP contribution in [0.15, 0.2) is 91.3 Å². The fourth-order valence-electron chi connectivity index (χ4n) is 3.91. The number of benzene rings is 2. The zero-order valence-corrected chi connectivity index (χ0v) is 18.2. The van der Waals surface area contributed by atoms with Gasteiger partial charge in [0.15, 0.2) is 0 Å². The van der Waals surface area contributed by atoms with Gasteiger partial charge in [-0.1, -0.05) is 30.3 Å². The molecule has 156 valence electrons. The van der Waals surface area contributed by atoms with Gasteiger partial charge in [-0.25, -0.2) is 4.98 Å². The fourth-order valence-corrected chi connectivity index (χ4v) is 3.91. The molecule has 0 bridgehead atoms. The number of rotatable bonds is 5. The minimum absolute atomic E-state index is 0.750. The summed E-state index contributed by atoms with van der Waals surface area (Å²) < 4.78 is 0. The van der Waals surface area contributed by atoms with Gasteiger partial charge in [-0.3, -0.25) is 9.97 Å². The third-order valence-corrected chi connectivity index (χ3v) is 5.59. The molecular formula is C28H24N4. The van der Waals surface area contributed by atoms with Crippen LogP contribution in [0.3, 0.4) is 0 Å². The molecule has 0 aliphatic carbocycles. The van der Waals surface area contributed by atoms with Gasteiger partial charge in [0.2, 0.25) is 0 Å². The normalized spacial score (nSPS) is 10.9. The summed E-state index contributed by atoms with van der Waals surface area (Å²) in [5, 5.41) is 4.70. The fraction of sp³-hybridized carbons (Fsp3) is 0.107. The minimum atomic E-state index is 0.750. The van der Waals surface area contributed by atoms with Crippen molar-refractivity contribution in [3.63, 3.8) is 0 Å². The number of pyridine rings is 3. The zero-order chi connectivity index (χ0) is 21.9. The number of hydrogen-bond donors (Lipinski definition) is 1. The molecule has 5 aromatic rings. The summed E-state index contributed by atoms with van der Waals surface area (Å²) in [6, 6.07) is 27.3. The highest BCUT2D eigenvalue weighted by Crippen LogP contribution is 2.27. The Bertz CT molecular complexity index is 1390. The summed E-state index contributed by atoms with van der Waals surface area (Å²) in [6.45, 7) is 4.76. The van der Waals surface area contributed by atoms with Crippen LogP contribution in [0.4, 0.5) is 5.69 Å². The molecule has 0 amide bonds. The van der Waals surface area contributed by atoms with E-state index in [-0.39, 0.29) is 0 Å². The van der Waals surface area contributed by atoms with E-state index in [9.17, 15) is 0 Å². The van der Waals surface area contributed by atoms with Gasteiger partial charge in [-0.2, -0.15) is 0 Å². The molecule has 0 saturated heterocycles. The van der Waals surface area contributed by atoms with Crippen LogP contribution in [0.1, 0.15) is 17.0 Å². The van der Waals surface area contributed by atoms with E-state index in [0.29, 0.717) is 0 Å². The maximum atomic E-state index is 4.88. The Kier molecular flexibility index (Phi) is 5.34. The Morgan fingerprint density at radius 3 is 2.16 bits per heavy atom. The van der Waals surface area contributed by atoms with Crippen molar-refractivity contribution in [1.82, 2.24) is 15.0 Å². The monoisotopic (exact) mass is 416 g/mol. The maximum absolute atomic E-state index is 4.88. The molecule has 0 radical (unpaired) electrons. The highest BCUT2D eigenvalue weighted by molar-refractivity contribution is 5.92. The van der Waals surface area contributed by atoms with E-state index in [1.54, 1.807) is 0 Å². The first-order valence-corrected chi connectivity index (χ1v) is 10.7. The second-order valence-electron chi connectivity index (χ2n) is 7.99. The van der Waals surface area contributed by atoms with Gasteiger partial charge in [0.25, 0.3) is 0 Å². The molecule has 0 saturated carbocycles. The largest absolute Gasteiger partial charge is 0.380 e. The molecule has 3 aromatic heterocycles. The van der Waals surface area contributed by atoms with E-state index in [1.807, 2.05) is 44.4 Å². The van der Waals surface area contributed by atoms with Crippen LogP contribution in [-0.2, 0) is 6.54 Å². The summed E-state index contributed by atoms with van der Waals surface area (Å²) in [6.07, 6.45) is 3.69. The van der Waals surface area contributed by atoms with Crippen LogP contribution < -0.4 is 5.32 Å². The third-order valence-electron chi connectivity index (χ3n) is 5.59. The van der Waals surface area contributed by atoms with Crippen LogP contribution in [0, 0.1) is 13.8 Å². The van der Waals surface area contributed by atoms with E-state index >= 15 is 0 Å². The summed E-state index contributed by atoms with van der Waals surface area (Å²) >= 11 is 0. The van der Waals surface area contributed by atoms with E-state index < -0.39 is 0 Å². The minimum Gasteiger partial charge on any atom is -0.380 e. The quantitative estimate of drug-likeness (QED) is 0.351. The van der Waals surface area contributed by atoms with Crippen LogP contribution >= 0.6 is 0 Å². The van der Waals surface area contributed by atoms with E-state index in [4.69, 9.17) is 4.98 Å². The molecule has 0 aliphatic rings. The van der Waals surface area contributed by atoms with Crippen molar-refractivity contribution in [1.29, 1.82) is 0 Å². The first kappa shape index (κ1) is 19.9. The number of nitrogens with zero attached hydrogens (tertiary/aromatic N) is 3. The second-order valence-corrected chi connectivity index (χ2v) is 7.99. The van der Waals surface area contributed by atoms with Gasteiger partial charge >= 0.3 is 0 Å². The van der Waals surface area contributed by atoms with E-state index in [2.05, 4.69) is 75.9 Å². The summed E-state index contributed by atoms with van der Waals surface area (Å²) in [4.78, 5) is 13.4. The summed E-state index contributed by atoms with van der Waals surface area (Å²) in [7, 11) is 0. The number of fused-ring (bicyclic) bond motifs is 1. The predicted molar refractivity (Wildman–Crippen MR) is 131 cm³/mol. The van der Waals surface area contributed by atoms with Crippen molar-refractivity contribution in [2.75, 3.05) is 5.32 Å². The lowest BCUT2D eigenvalue weighted by Crippen LogP contribution is -2.00. The topological polar surface area (TPSA) is 50.7 Å². The molecule has 5 rings (SSSR count). The van der Waals surface area contributed by atoms with Crippen molar-refractivity contribution in [3.8, 4) is 22.4 Å². The molecule has 2 aromatic carbocycles. The van der Waals surface area contributed by atoms with E-state index in [1.165, 1.54) is 16.7 Å². The highest BCUT2D eigenvalue weighted by Gasteiger charge is 2.06. The van der Waals surface area contributed by atoms with Crippen molar-refractivity contribution in [2.24, 2.45) is 0 Å². The molecule has 4 heteroatoms. The second kappa shape index (κ2) is 8.60. The molecule has 0 unspecified atom stereocenters. The predicted octanol–water partition coefficient (Wildman–Crippen LogP) is 6.59. The van der Waals surface area contributed by atoms with Crippen LogP contribution in [0.25, 0.3) is 33.3 Å². The number of aromatic nitrogens is 3. The van der Waals surface area contributed by atoms with Gasteiger partial charge in [-0.05, 0) is 79.1 Å². The number of aryl methyl sites for hydroxylation is 2. The number of hydrogen-bond acceptors (Lipinski definition) is 4. The number of anilines is 1. The lowest BCUT2D eigenvalue weighted by Gasteiger charge is -2.11. The lowest BCUT2D eigenvalue weighted by atomic mass is 10.0. The molecule has 1 N–H and O–H groups in total. The molecular weight excluding hydrogens is 392 g/mol. The molecule has 0 spiro atoms. The van der Waals surface area contributed by atoms with Gasteiger partial charge in [0.1, 0.15) is 0 Å². The third kappa shape index (κ3) is 4.21. The summed E-state index contributed by atoms with van der Waals surface area (Å²) in [5.41, 5.74) is 9.75. The van der Waals surface area contributed by atoms with Crippen molar-refractivity contribution >= 4 is 16.6 Å². The smallest absolute Gasteiger partial charge is 0.0730 e. The number of nitrogens with one attached hydrogen (secondary N) is 1. The van der Waals surface area contributed by atoms with Crippen LogP contribution in [-0.4, -0.2) is 15.0 Å². The average Bonchev–Trinajstić information content (AvgIpc) is 2.82. The summed E-state index contributed by atoms with van der Waals surface area (Å²) in [5.74, 6) is 0. The Balaban J connectivity index is 1.35. The van der Waals surface area contributed by atoms with Crippen molar-refractivity contribution in [2.45, 2.75) is 20.4 Å². The molecule has 0 aliphatic heterocycles. The average molecular weight is 417 g/mol. The standard InChI is InChI=1S/C28H24N4/c1-19-16-23(12-14-29-19)22-8-6-21(7-9-22)18-31-27-4-3-5-28-25(27)10-11-26(32-28)24-13-15-30-20(2)17-24/h3-17,31H,18H2,1-2H3. The Morgan fingerprint density at radius 1 is 0.688 bits per heavy atom. The van der Waals surface area contributed by atoms with Gasteiger partial charge in [-0.15, -0.1) is 0 Å². The van der Waals surface area contributed by atoms with Crippen LogP contribution in [0.5, 0.6) is 0 Å². The van der Waals surface area contributed by atoms with Crippen LogP contribution in [0.2, 0.25) is 0 Å². The SMILES string of the molecule is Cc1cc(-c2ccc(CNc3cccc4nc(-c5ccnc(C)c5)ccc34)cc2)ccn1. The lowest BCUT2D eigenvalue weighted by molar-refractivity contribution is 1.15. The van der Waals surface area contributed by atoms with Crippen molar-refractivity contribution in [3.05, 3.63) is 108 Å². The van der Waals surface area contributed by atoms with Crippen molar-refractivity contribution < 1.29 is 0 Å². The molecule has 0 atom stereocenters. The Morgan fingerprint density at radius 2 is 1.41 bits per heavy atom. The molecule has 32 heavy (non-hydrogen) atoms. The zero-order valence-electron chi connectivity index (χ0n) is 18.2. The highest BCUT2D eigenvalue weighted by atomic mass is 14.9. The van der Waals surface area contributed by atoms with Gasteiger partial charge in [0.05, 0.1) is 11.2 Å². The molecule has 4 nitrogen and oxygen atoms in total. The molecule has 0 fully saturated rings. The maximum Gasteiger partial charge on any atom is 0.0730 e. The van der Waals surface area contributed by atoms with E-state index in [0.717, 1.165) is 45.8 Å². The molecule has 3 heterocycles. The Labute approximate surface area is 188 Å². The van der Waals surface area contributed by atoms with Gasteiger partial charge in [0, 0.05) is 47.0 Å². The first-order valence-electron chi connectivity index (χ1n) is 10.7. The Hall–Kier alpha value is -4.05.